The molecule has 6 rings (SSSR count). The van der Waals surface area contributed by atoms with Crippen molar-refractivity contribution in [3.05, 3.63) is 23.3 Å². The molecule has 3 saturated carbocycles. The lowest BCUT2D eigenvalue weighted by Gasteiger charge is -2.64. The van der Waals surface area contributed by atoms with E-state index in [4.69, 9.17) is 28.3 Å². The molecule has 1 unspecified atom stereocenters. The zero-order valence-corrected chi connectivity index (χ0v) is 21.4. The van der Waals surface area contributed by atoms with Crippen molar-refractivity contribution < 1.29 is 33.1 Å². The summed E-state index contributed by atoms with van der Waals surface area (Å²) in [5, 5.41) is 0. The number of carbonyl (C=O) groups is 1. The first-order valence-corrected chi connectivity index (χ1v) is 12.5. The summed E-state index contributed by atoms with van der Waals surface area (Å²) in [5.41, 5.74) is 0.928. The molecule has 5 aliphatic rings. The Balaban J connectivity index is 1.54. The summed E-state index contributed by atoms with van der Waals surface area (Å²) in [7, 11) is 0.911. The number of benzene rings is 1. The number of carbonyl (C=O) groups excluding carboxylic acids is 1. The highest BCUT2D eigenvalue weighted by molar-refractivity contribution is 6.63. The van der Waals surface area contributed by atoms with Gasteiger partial charge in [-0.1, -0.05) is 19.9 Å². The number of hydrogen-bond donors (Lipinski definition) is 0. The molecule has 1 aromatic rings. The van der Waals surface area contributed by atoms with Gasteiger partial charge < -0.3 is 28.3 Å². The Hall–Kier alpha value is -1.61. The topological polar surface area (TPSA) is 72.5 Å². The zero-order chi connectivity index (χ0) is 24.5. The van der Waals surface area contributed by atoms with Crippen LogP contribution in [0.15, 0.2) is 12.1 Å². The first-order valence-electron chi connectivity index (χ1n) is 12.5. The first-order chi connectivity index (χ1) is 15.9. The van der Waals surface area contributed by atoms with Crippen LogP contribution in [0.2, 0.25) is 0 Å². The second-order valence-electron chi connectivity index (χ2n) is 11.9. The van der Waals surface area contributed by atoms with Crippen LogP contribution in [-0.4, -0.2) is 50.7 Å². The maximum Gasteiger partial charge on any atom is 0.498 e. The van der Waals surface area contributed by atoms with Crippen LogP contribution in [0.5, 0.6) is 5.75 Å². The number of ether oxygens (including phenoxy) is 4. The molecule has 0 aromatic heterocycles. The smallest absolute Gasteiger partial charge is 0.496 e. The summed E-state index contributed by atoms with van der Waals surface area (Å²) in [4.78, 5) is 13.2. The van der Waals surface area contributed by atoms with Crippen molar-refractivity contribution in [1.29, 1.82) is 0 Å². The average Bonchev–Trinajstić information content (AvgIpc) is 3.14. The maximum atomic E-state index is 13.2. The van der Waals surface area contributed by atoms with E-state index in [-0.39, 0.29) is 17.1 Å². The maximum absolute atomic E-state index is 13.2. The molecule has 34 heavy (non-hydrogen) atoms. The van der Waals surface area contributed by atoms with E-state index in [1.54, 1.807) is 13.2 Å². The van der Waals surface area contributed by atoms with E-state index >= 15 is 0 Å². The third kappa shape index (κ3) is 3.87. The van der Waals surface area contributed by atoms with Gasteiger partial charge in [-0.15, -0.1) is 0 Å². The third-order valence-corrected chi connectivity index (χ3v) is 8.27. The minimum atomic E-state index is -0.648. The van der Waals surface area contributed by atoms with Crippen LogP contribution in [0, 0.1) is 17.3 Å². The minimum Gasteiger partial charge on any atom is -0.496 e. The molecule has 2 heterocycles. The van der Waals surface area contributed by atoms with Crippen LogP contribution in [-0.2, 0) is 23.5 Å². The van der Waals surface area contributed by atoms with Gasteiger partial charge in [-0.3, -0.25) is 0 Å². The number of methoxy groups -OCH3 is 1. The molecule has 8 heteroatoms. The number of hydrogen-bond acceptors (Lipinski definition) is 7. The van der Waals surface area contributed by atoms with E-state index in [0.29, 0.717) is 41.8 Å². The fraction of sp³-hybridized carbons (Fsp3) is 0.731. The van der Waals surface area contributed by atoms with Gasteiger partial charge in [0.1, 0.15) is 16.9 Å². The molecule has 0 N–H and O–H groups in total. The molecule has 2 bridgehead atoms. The van der Waals surface area contributed by atoms with Crippen molar-refractivity contribution in [2.75, 3.05) is 20.3 Å². The molecule has 4 atom stereocenters. The molecule has 2 aliphatic heterocycles. The monoisotopic (exact) mass is 472 g/mol. The average molecular weight is 472 g/mol. The van der Waals surface area contributed by atoms with Gasteiger partial charge in [-0.2, -0.15) is 0 Å². The highest BCUT2D eigenvalue weighted by Crippen LogP contribution is 2.65. The van der Waals surface area contributed by atoms with Crippen molar-refractivity contribution >= 4 is 18.6 Å². The SMILES string of the molecule is COc1c(B2OC3C[C@H]4C[C@@H](C4(C)C)[C@]3(C)O2)cc(C2OCCCO2)cc1C(=O)OC(C)(C)C. The molecule has 0 radical (unpaired) electrons. The second-order valence-corrected chi connectivity index (χ2v) is 11.9. The van der Waals surface area contributed by atoms with Crippen LogP contribution in [0.25, 0.3) is 0 Å². The molecule has 1 aromatic carbocycles. The number of rotatable bonds is 4. The normalized spacial score (nSPS) is 32.7. The van der Waals surface area contributed by atoms with Gasteiger partial charge in [0.15, 0.2) is 6.29 Å². The van der Waals surface area contributed by atoms with Crippen molar-refractivity contribution in [3.63, 3.8) is 0 Å². The lowest BCUT2D eigenvalue weighted by Crippen LogP contribution is -2.65. The Morgan fingerprint density at radius 2 is 1.82 bits per heavy atom. The van der Waals surface area contributed by atoms with Gasteiger partial charge in [0.05, 0.1) is 32.0 Å². The molecular formula is C26H37BO7. The third-order valence-electron chi connectivity index (χ3n) is 8.27. The second kappa shape index (κ2) is 8.22. The summed E-state index contributed by atoms with van der Waals surface area (Å²) < 4.78 is 36.5. The fourth-order valence-electron chi connectivity index (χ4n) is 6.38. The Morgan fingerprint density at radius 3 is 2.44 bits per heavy atom. The van der Waals surface area contributed by atoms with Gasteiger partial charge >= 0.3 is 13.1 Å². The highest BCUT2D eigenvalue weighted by Gasteiger charge is 2.68. The zero-order valence-electron chi connectivity index (χ0n) is 21.4. The molecule has 7 nitrogen and oxygen atoms in total. The van der Waals surface area contributed by atoms with Crippen molar-refractivity contribution in [3.8, 4) is 5.75 Å². The van der Waals surface area contributed by atoms with Crippen molar-refractivity contribution in [2.24, 2.45) is 17.3 Å². The van der Waals surface area contributed by atoms with Crippen LogP contribution >= 0.6 is 0 Å². The Morgan fingerprint density at radius 1 is 1.12 bits per heavy atom. The molecule has 3 aliphatic carbocycles. The van der Waals surface area contributed by atoms with E-state index in [9.17, 15) is 4.79 Å². The van der Waals surface area contributed by atoms with Crippen LogP contribution in [0.1, 0.15) is 83.0 Å². The highest BCUT2D eigenvalue weighted by atomic mass is 16.7. The molecule has 5 fully saturated rings. The van der Waals surface area contributed by atoms with Crippen molar-refractivity contribution in [2.45, 2.75) is 84.4 Å². The summed E-state index contributed by atoms with van der Waals surface area (Å²) in [6, 6.07) is 3.68. The largest absolute Gasteiger partial charge is 0.498 e. The summed E-state index contributed by atoms with van der Waals surface area (Å²) in [6.07, 6.45) is 2.43. The quantitative estimate of drug-likeness (QED) is 0.484. The number of esters is 1. The molecular weight excluding hydrogens is 435 g/mol. The Kier molecular flexibility index (Phi) is 5.83. The standard InChI is InChI=1S/C26H37BO7/c1-24(2,3)32-22(28)17-11-15(23-30-9-8-10-31-23)12-18(21(17)29-7)27-33-20-14-16-13-19(25(16,4)5)26(20,6)34-27/h11-12,16,19-20,23H,8-10,13-14H2,1-7H3/t16-,19+,20?,26+/m1/s1. The summed E-state index contributed by atoms with van der Waals surface area (Å²) in [5.74, 6) is 1.02. The molecule has 2 saturated heterocycles. The molecule has 0 amide bonds. The van der Waals surface area contributed by atoms with Gasteiger partial charge in [0, 0.05) is 11.0 Å². The van der Waals surface area contributed by atoms with E-state index in [0.717, 1.165) is 18.4 Å². The van der Waals surface area contributed by atoms with E-state index in [1.165, 1.54) is 6.42 Å². The summed E-state index contributed by atoms with van der Waals surface area (Å²) >= 11 is 0. The molecule has 0 spiro atoms. The van der Waals surface area contributed by atoms with Crippen LogP contribution in [0.3, 0.4) is 0 Å². The lowest BCUT2D eigenvalue weighted by atomic mass is 9.43. The van der Waals surface area contributed by atoms with Gasteiger partial charge in [-0.25, -0.2) is 4.79 Å². The first kappa shape index (κ1) is 24.1. The Bertz CT molecular complexity index is 965. The van der Waals surface area contributed by atoms with Gasteiger partial charge in [0.2, 0.25) is 0 Å². The van der Waals surface area contributed by atoms with Crippen LogP contribution in [0.4, 0.5) is 0 Å². The fourth-order valence-corrected chi connectivity index (χ4v) is 6.38. The molecule has 186 valence electrons. The Labute approximate surface area is 202 Å². The van der Waals surface area contributed by atoms with Gasteiger partial charge in [0.25, 0.3) is 0 Å². The minimum absolute atomic E-state index is 0.00907. The predicted octanol–water partition coefficient (Wildman–Crippen LogP) is 4.02. The van der Waals surface area contributed by atoms with Crippen LogP contribution < -0.4 is 10.2 Å². The van der Waals surface area contributed by atoms with E-state index < -0.39 is 25.0 Å². The predicted molar refractivity (Wildman–Crippen MR) is 127 cm³/mol. The van der Waals surface area contributed by atoms with Crippen molar-refractivity contribution in [1.82, 2.24) is 0 Å². The lowest BCUT2D eigenvalue weighted by molar-refractivity contribution is -0.199. The van der Waals surface area contributed by atoms with Gasteiger partial charge in [-0.05, 0) is 70.3 Å². The van der Waals surface area contributed by atoms with E-state index in [1.807, 2.05) is 26.8 Å². The van der Waals surface area contributed by atoms with E-state index in [2.05, 4.69) is 20.8 Å². The summed E-state index contributed by atoms with van der Waals surface area (Å²) in [6.45, 7) is 13.6.